The molecule has 2 saturated heterocycles. The first-order valence-corrected chi connectivity index (χ1v) is 7.68. The molecule has 3 N–H and O–H groups in total. The molecule has 1 amide bonds. The van der Waals surface area contributed by atoms with Gasteiger partial charge in [0.25, 0.3) is 0 Å². The van der Waals surface area contributed by atoms with Crippen LogP contribution in [0.1, 0.15) is 19.3 Å². The van der Waals surface area contributed by atoms with Crippen molar-refractivity contribution in [3.05, 3.63) is 0 Å². The first-order chi connectivity index (χ1) is 9.12. The Morgan fingerprint density at radius 1 is 1.53 bits per heavy atom. The highest BCUT2D eigenvalue weighted by Crippen LogP contribution is 2.34. The molecule has 19 heavy (non-hydrogen) atoms. The molecule has 1 unspecified atom stereocenters. The summed E-state index contributed by atoms with van der Waals surface area (Å²) in [5.74, 6) is 2.02. The second-order valence-corrected chi connectivity index (χ2v) is 6.26. The normalized spacial score (nSPS) is 27.2. The van der Waals surface area contributed by atoms with Crippen molar-refractivity contribution in [3.8, 4) is 0 Å². The van der Waals surface area contributed by atoms with Crippen LogP contribution in [0.2, 0.25) is 0 Å². The van der Waals surface area contributed by atoms with Crippen molar-refractivity contribution in [2.24, 2.45) is 16.3 Å². The Morgan fingerprint density at radius 3 is 2.74 bits per heavy atom. The maximum Gasteiger partial charge on any atom is 0.236 e. The van der Waals surface area contributed by atoms with Crippen LogP contribution in [-0.4, -0.2) is 59.7 Å². The third-order valence-corrected chi connectivity index (χ3v) is 5.27. The number of hydrogen-bond acceptors (Lipinski definition) is 5. The van der Waals surface area contributed by atoms with Gasteiger partial charge in [-0.3, -0.25) is 4.79 Å². The number of hydrogen-bond donors (Lipinski definition) is 2. The zero-order chi connectivity index (χ0) is 13.9. The number of amidine groups is 1. The molecule has 7 heteroatoms. The summed E-state index contributed by atoms with van der Waals surface area (Å²) in [5, 5.41) is 12.1. The van der Waals surface area contributed by atoms with Crippen molar-refractivity contribution < 1.29 is 14.7 Å². The average Bonchev–Trinajstić information content (AvgIpc) is 2.99. The van der Waals surface area contributed by atoms with E-state index < -0.39 is 5.41 Å². The summed E-state index contributed by atoms with van der Waals surface area (Å²) < 4.78 is 5.31. The van der Waals surface area contributed by atoms with E-state index in [9.17, 15) is 4.79 Å². The van der Waals surface area contributed by atoms with E-state index in [2.05, 4.69) is 5.16 Å². The molecule has 2 heterocycles. The van der Waals surface area contributed by atoms with Crippen LogP contribution in [0.4, 0.5) is 0 Å². The topological polar surface area (TPSA) is 88.2 Å². The second-order valence-electron chi connectivity index (χ2n) is 5.11. The molecular weight excluding hydrogens is 266 g/mol. The number of nitrogens with zero attached hydrogens (tertiary/aromatic N) is 2. The highest BCUT2D eigenvalue weighted by atomic mass is 32.2. The van der Waals surface area contributed by atoms with Crippen LogP contribution in [0, 0.1) is 5.41 Å². The van der Waals surface area contributed by atoms with Gasteiger partial charge >= 0.3 is 0 Å². The van der Waals surface area contributed by atoms with Crippen molar-refractivity contribution in [1.29, 1.82) is 0 Å². The van der Waals surface area contributed by atoms with Gasteiger partial charge in [0, 0.05) is 32.1 Å². The fraction of sp³-hybridized carbons (Fsp3) is 0.833. The first kappa shape index (κ1) is 14.5. The van der Waals surface area contributed by atoms with Crippen molar-refractivity contribution in [3.63, 3.8) is 0 Å². The van der Waals surface area contributed by atoms with Gasteiger partial charge < -0.3 is 20.6 Å². The van der Waals surface area contributed by atoms with Gasteiger partial charge in [0.2, 0.25) is 5.91 Å². The maximum atomic E-state index is 12.8. The third-order valence-electron chi connectivity index (χ3n) is 4.13. The Bertz CT molecular complexity index is 363. The smallest absolute Gasteiger partial charge is 0.236 e. The molecule has 0 aromatic heterocycles. The average molecular weight is 287 g/mol. The summed E-state index contributed by atoms with van der Waals surface area (Å²) in [5.41, 5.74) is 4.92. The van der Waals surface area contributed by atoms with Crippen LogP contribution in [0.15, 0.2) is 5.16 Å². The minimum atomic E-state index is -0.894. The first-order valence-electron chi connectivity index (χ1n) is 6.52. The van der Waals surface area contributed by atoms with Gasteiger partial charge in [0.15, 0.2) is 5.84 Å². The van der Waals surface area contributed by atoms with E-state index in [0.717, 1.165) is 17.9 Å². The lowest BCUT2D eigenvalue weighted by molar-refractivity contribution is -0.143. The van der Waals surface area contributed by atoms with Crippen molar-refractivity contribution >= 4 is 23.5 Å². The molecular formula is C12H21N3O3S. The molecule has 0 spiro atoms. The Kier molecular flexibility index (Phi) is 4.57. The lowest BCUT2D eigenvalue weighted by atomic mass is 9.77. The van der Waals surface area contributed by atoms with E-state index in [1.165, 1.54) is 0 Å². The summed E-state index contributed by atoms with van der Waals surface area (Å²) in [6.07, 6.45) is 1.97. The van der Waals surface area contributed by atoms with Crippen LogP contribution in [0.3, 0.4) is 0 Å². The van der Waals surface area contributed by atoms with Gasteiger partial charge in [0.1, 0.15) is 5.41 Å². The monoisotopic (exact) mass is 287 g/mol. The van der Waals surface area contributed by atoms with E-state index in [0.29, 0.717) is 26.1 Å². The molecule has 2 rings (SSSR count). The van der Waals surface area contributed by atoms with E-state index in [1.807, 2.05) is 18.8 Å². The summed E-state index contributed by atoms with van der Waals surface area (Å²) >= 11 is 1.86. The Morgan fingerprint density at radius 2 is 2.21 bits per heavy atom. The van der Waals surface area contributed by atoms with E-state index in [4.69, 9.17) is 15.7 Å². The summed E-state index contributed by atoms with van der Waals surface area (Å²) in [6.45, 7) is 0.935. The lowest BCUT2D eigenvalue weighted by Gasteiger charge is -2.39. The predicted molar refractivity (Wildman–Crippen MR) is 74.4 cm³/mol. The van der Waals surface area contributed by atoms with Crippen LogP contribution in [-0.2, 0) is 9.53 Å². The number of amides is 1. The number of ether oxygens (including phenoxy) is 1. The van der Waals surface area contributed by atoms with E-state index >= 15 is 0 Å². The van der Waals surface area contributed by atoms with Crippen molar-refractivity contribution in [2.75, 3.05) is 31.8 Å². The van der Waals surface area contributed by atoms with E-state index in [-0.39, 0.29) is 17.8 Å². The minimum absolute atomic E-state index is 0.0123. The molecule has 2 aliphatic heterocycles. The molecule has 0 aromatic carbocycles. The number of thioether (sulfide) groups is 1. The Hall–Kier alpha value is -0.950. The van der Waals surface area contributed by atoms with Crippen LogP contribution in [0.5, 0.6) is 0 Å². The minimum Gasteiger partial charge on any atom is -0.409 e. The van der Waals surface area contributed by atoms with Gasteiger partial charge in [-0.2, -0.15) is 11.8 Å². The largest absolute Gasteiger partial charge is 0.409 e. The third kappa shape index (κ3) is 2.67. The molecule has 2 fully saturated rings. The number of rotatable bonds is 3. The van der Waals surface area contributed by atoms with Crippen molar-refractivity contribution in [1.82, 2.24) is 4.90 Å². The Labute approximate surface area is 117 Å². The molecule has 0 aromatic rings. The second kappa shape index (κ2) is 6.00. The molecule has 0 aliphatic carbocycles. The quantitative estimate of drug-likeness (QED) is 0.341. The fourth-order valence-electron chi connectivity index (χ4n) is 2.73. The molecule has 6 nitrogen and oxygen atoms in total. The standard InChI is InChI=1S/C12H21N3O3S/c1-15(9-2-7-19-8-9)11(16)12(10(13)14-17)3-5-18-6-4-12/h9,17H,2-8H2,1H3,(H2,13,14). The maximum absolute atomic E-state index is 12.8. The molecule has 0 saturated carbocycles. The van der Waals surface area contributed by atoms with Gasteiger partial charge in [-0.05, 0) is 25.0 Å². The van der Waals surface area contributed by atoms with Crippen LogP contribution < -0.4 is 5.73 Å². The summed E-state index contributed by atoms with van der Waals surface area (Å²) in [7, 11) is 1.82. The summed E-state index contributed by atoms with van der Waals surface area (Å²) in [4.78, 5) is 14.6. The van der Waals surface area contributed by atoms with Gasteiger partial charge in [0.05, 0.1) is 0 Å². The molecule has 0 bridgehead atoms. The van der Waals surface area contributed by atoms with E-state index in [1.54, 1.807) is 4.90 Å². The predicted octanol–water partition coefficient (Wildman–Crippen LogP) is 0.494. The van der Waals surface area contributed by atoms with Gasteiger partial charge in [-0.15, -0.1) is 0 Å². The molecule has 2 aliphatic rings. The fourth-order valence-corrected chi connectivity index (χ4v) is 3.99. The van der Waals surface area contributed by atoms with Gasteiger partial charge in [-0.25, -0.2) is 0 Å². The SMILES string of the molecule is CN(C(=O)C1(C(N)=NO)CCOCC1)C1CCSC1. The number of carbonyl (C=O) groups is 1. The van der Waals surface area contributed by atoms with Crippen molar-refractivity contribution in [2.45, 2.75) is 25.3 Å². The number of nitrogens with two attached hydrogens (primary N) is 1. The van der Waals surface area contributed by atoms with Crippen LogP contribution in [0.25, 0.3) is 0 Å². The lowest BCUT2D eigenvalue weighted by Crippen LogP contribution is -2.55. The zero-order valence-electron chi connectivity index (χ0n) is 11.2. The molecule has 108 valence electrons. The molecule has 0 radical (unpaired) electrons. The Balaban J connectivity index is 2.19. The highest BCUT2D eigenvalue weighted by Gasteiger charge is 2.47. The van der Waals surface area contributed by atoms with Crippen LogP contribution >= 0.6 is 11.8 Å². The number of oxime groups is 1. The molecule has 1 atom stereocenters. The number of carbonyl (C=O) groups excluding carboxylic acids is 1. The summed E-state index contributed by atoms with van der Waals surface area (Å²) in [6, 6.07) is 0.253. The highest BCUT2D eigenvalue weighted by molar-refractivity contribution is 7.99. The van der Waals surface area contributed by atoms with Gasteiger partial charge in [-0.1, -0.05) is 5.16 Å². The zero-order valence-corrected chi connectivity index (χ0v) is 12.0.